The summed E-state index contributed by atoms with van der Waals surface area (Å²) in [5.74, 6) is -1.65. The number of esters is 2. The zero-order valence-corrected chi connectivity index (χ0v) is 17.7. The Balaban J connectivity index is 2.07. The van der Waals surface area contributed by atoms with Crippen molar-refractivity contribution in [3.63, 3.8) is 0 Å². The number of carbonyl (C=O) groups is 4. The van der Waals surface area contributed by atoms with Gasteiger partial charge in [-0.05, 0) is 37.5 Å². The summed E-state index contributed by atoms with van der Waals surface area (Å²) in [7, 11) is 1.34. The number of ether oxygens (including phenoxy) is 2. The highest BCUT2D eigenvalue weighted by atomic mass is 16.5. The number of benzene rings is 1. The summed E-state index contributed by atoms with van der Waals surface area (Å²) >= 11 is 0. The number of carbonyl (C=O) groups excluding carboxylic acids is 4. The third-order valence-corrected chi connectivity index (χ3v) is 5.17. The number of methoxy groups -OCH3 is 1. The smallest absolute Gasteiger partial charge is 0.310 e. The Morgan fingerprint density at radius 3 is 2.63 bits per heavy atom. The number of amides is 2. The summed E-state index contributed by atoms with van der Waals surface area (Å²) in [4.78, 5) is 48.7. The van der Waals surface area contributed by atoms with E-state index >= 15 is 0 Å². The summed E-state index contributed by atoms with van der Waals surface area (Å²) in [6.45, 7) is 3.28. The van der Waals surface area contributed by atoms with Crippen LogP contribution >= 0.6 is 0 Å². The molecule has 8 heteroatoms. The summed E-state index contributed by atoms with van der Waals surface area (Å²) in [5.41, 5.74) is 0.288. The van der Waals surface area contributed by atoms with E-state index in [0.29, 0.717) is 19.3 Å². The molecule has 2 rings (SSSR count). The Hall–Kier alpha value is -2.90. The molecule has 1 aliphatic rings. The van der Waals surface area contributed by atoms with Gasteiger partial charge in [0.15, 0.2) is 0 Å². The summed E-state index contributed by atoms with van der Waals surface area (Å²) < 4.78 is 9.85. The van der Waals surface area contributed by atoms with Gasteiger partial charge in [-0.1, -0.05) is 32.3 Å². The van der Waals surface area contributed by atoms with Gasteiger partial charge in [0.1, 0.15) is 11.8 Å². The van der Waals surface area contributed by atoms with E-state index in [1.807, 2.05) is 6.92 Å². The minimum atomic E-state index is -0.728. The molecular formula is C22H30N2O6. The molecule has 8 nitrogen and oxygen atoms in total. The first-order valence-corrected chi connectivity index (χ1v) is 10.3. The van der Waals surface area contributed by atoms with Crippen LogP contribution in [0, 0.1) is 5.92 Å². The first-order chi connectivity index (χ1) is 14.3. The van der Waals surface area contributed by atoms with E-state index in [-0.39, 0.29) is 35.1 Å². The van der Waals surface area contributed by atoms with Gasteiger partial charge in [-0.3, -0.25) is 19.2 Å². The van der Waals surface area contributed by atoms with Gasteiger partial charge in [0.2, 0.25) is 5.91 Å². The number of hydrogen-bond donors (Lipinski definition) is 2. The molecule has 0 unspecified atom stereocenters. The molecule has 0 saturated heterocycles. The highest BCUT2D eigenvalue weighted by molar-refractivity contribution is 5.98. The highest BCUT2D eigenvalue weighted by Crippen LogP contribution is 2.27. The zero-order chi connectivity index (χ0) is 22.1. The largest absolute Gasteiger partial charge is 0.469 e. The molecule has 0 heterocycles. The molecule has 1 saturated carbocycles. The molecule has 2 N–H and O–H groups in total. The summed E-state index contributed by atoms with van der Waals surface area (Å²) in [5, 5.41) is 5.70. The summed E-state index contributed by atoms with van der Waals surface area (Å²) in [6.07, 6.45) is 4.32. The van der Waals surface area contributed by atoms with Crippen LogP contribution < -0.4 is 15.4 Å². The van der Waals surface area contributed by atoms with Crippen LogP contribution in [0.2, 0.25) is 0 Å². The Bertz CT molecular complexity index is 779. The van der Waals surface area contributed by atoms with E-state index in [2.05, 4.69) is 10.6 Å². The third kappa shape index (κ3) is 6.57. The second-order valence-electron chi connectivity index (χ2n) is 7.47. The quantitative estimate of drug-likeness (QED) is 0.470. The first-order valence-electron chi connectivity index (χ1n) is 10.3. The van der Waals surface area contributed by atoms with Crippen molar-refractivity contribution in [2.45, 2.75) is 64.5 Å². The molecule has 3 atom stereocenters. The van der Waals surface area contributed by atoms with E-state index in [4.69, 9.17) is 9.47 Å². The van der Waals surface area contributed by atoms with Crippen LogP contribution in [0.5, 0.6) is 5.75 Å². The van der Waals surface area contributed by atoms with Gasteiger partial charge in [0.05, 0.1) is 13.0 Å². The van der Waals surface area contributed by atoms with Gasteiger partial charge in [-0.15, -0.1) is 0 Å². The Morgan fingerprint density at radius 2 is 1.97 bits per heavy atom. The van der Waals surface area contributed by atoms with Crippen LogP contribution in [-0.4, -0.2) is 42.9 Å². The Labute approximate surface area is 176 Å². The lowest BCUT2D eigenvalue weighted by Crippen LogP contribution is -2.51. The lowest BCUT2D eigenvalue weighted by Gasteiger charge is -2.24. The van der Waals surface area contributed by atoms with Crippen molar-refractivity contribution in [1.29, 1.82) is 0 Å². The second kappa shape index (κ2) is 11.3. The zero-order valence-electron chi connectivity index (χ0n) is 17.7. The van der Waals surface area contributed by atoms with Gasteiger partial charge < -0.3 is 20.1 Å². The maximum atomic E-state index is 12.9. The number of unbranched alkanes of at least 4 members (excludes halogenated alkanes) is 1. The summed E-state index contributed by atoms with van der Waals surface area (Å²) in [6, 6.07) is 5.20. The van der Waals surface area contributed by atoms with Crippen LogP contribution in [0.4, 0.5) is 0 Å². The molecule has 0 aliphatic heterocycles. The van der Waals surface area contributed by atoms with E-state index in [1.54, 1.807) is 18.2 Å². The molecule has 0 radical (unpaired) electrons. The minimum absolute atomic E-state index is 0.261. The molecule has 2 amide bonds. The van der Waals surface area contributed by atoms with Gasteiger partial charge in [-0.2, -0.15) is 0 Å². The molecule has 1 aliphatic carbocycles. The number of rotatable bonds is 9. The first kappa shape index (κ1) is 23.4. The lowest BCUT2D eigenvalue weighted by molar-refractivity contribution is -0.146. The van der Waals surface area contributed by atoms with E-state index in [1.165, 1.54) is 20.1 Å². The molecular weight excluding hydrogens is 388 g/mol. The Kier molecular flexibility index (Phi) is 8.83. The lowest BCUT2D eigenvalue weighted by atomic mass is 10.0. The highest BCUT2D eigenvalue weighted by Gasteiger charge is 2.36. The number of hydrogen-bond acceptors (Lipinski definition) is 6. The third-order valence-electron chi connectivity index (χ3n) is 5.17. The van der Waals surface area contributed by atoms with Gasteiger partial charge >= 0.3 is 11.9 Å². The second-order valence-corrected chi connectivity index (χ2v) is 7.47. The van der Waals surface area contributed by atoms with Crippen LogP contribution in [0.25, 0.3) is 0 Å². The van der Waals surface area contributed by atoms with Crippen molar-refractivity contribution < 1.29 is 28.7 Å². The fourth-order valence-electron chi connectivity index (χ4n) is 3.64. The molecule has 0 aromatic heterocycles. The molecule has 0 spiro atoms. The minimum Gasteiger partial charge on any atom is -0.469 e. The van der Waals surface area contributed by atoms with Crippen molar-refractivity contribution in [3.05, 3.63) is 29.8 Å². The standard InChI is InChI=1S/C22H30N2O6/c1-4-5-11-19(21(27)23-18-12-7-10-17(18)22(28)29-3)24-20(26)15-8-6-9-16(13-15)30-14(2)25/h6,8-9,13,17-19H,4-5,7,10-12H2,1-3H3,(H,23,27)(H,24,26)/t17-,18+,19+/m1/s1. The molecule has 1 fully saturated rings. The molecule has 0 bridgehead atoms. The van der Waals surface area contributed by atoms with Crippen LogP contribution in [0.3, 0.4) is 0 Å². The number of nitrogens with one attached hydrogen (secondary N) is 2. The van der Waals surface area contributed by atoms with E-state index < -0.39 is 17.9 Å². The monoisotopic (exact) mass is 418 g/mol. The van der Waals surface area contributed by atoms with Crippen molar-refractivity contribution in [3.8, 4) is 5.75 Å². The fraction of sp³-hybridized carbons (Fsp3) is 0.545. The predicted octanol–water partition coefficient (Wildman–Crippen LogP) is 2.36. The van der Waals surface area contributed by atoms with Crippen molar-refractivity contribution in [2.24, 2.45) is 5.92 Å². The SMILES string of the molecule is CCCC[C@H](NC(=O)c1cccc(OC(C)=O)c1)C(=O)N[C@H]1CCC[C@H]1C(=O)OC. The molecule has 30 heavy (non-hydrogen) atoms. The topological polar surface area (TPSA) is 111 Å². The maximum Gasteiger partial charge on any atom is 0.310 e. The van der Waals surface area contributed by atoms with Crippen molar-refractivity contribution >= 4 is 23.8 Å². The Morgan fingerprint density at radius 1 is 1.20 bits per heavy atom. The van der Waals surface area contributed by atoms with E-state index in [0.717, 1.165) is 19.3 Å². The van der Waals surface area contributed by atoms with Gasteiger partial charge in [-0.25, -0.2) is 0 Å². The van der Waals surface area contributed by atoms with Crippen LogP contribution in [-0.2, 0) is 19.1 Å². The average Bonchev–Trinajstić information content (AvgIpc) is 3.18. The normalized spacial score (nSPS) is 18.9. The average molecular weight is 418 g/mol. The van der Waals surface area contributed by atoms with Crippen LogP contribution in [0.15, 0.2) is 24.3 Å². The molecule has 1 aromatic carbocycles. The molecule has 1 aromatic rings. The predicted molar refractivity (Wildman–Crippen MR) is 110 cm³/mol. The maximum absolute atomic E-state index is 12.9. The fourth-order valence-corrected chi connectivity index (χ4v) is 3.64. The van der Waals surface area contributed by atoms with Gasteiger partial charge in [0, 0.05) is 18.5 Å². The van der Waals surface area contributed by atoms with Crippen LogP contribution in [0.1, 0.15) is 62.7 Å². The van der Waals surface area contributed by atoms with Crippen molar-refractivity contribution in [1.82, 2.24) is 10.6 Å². The van der Waals surface area contributed by atoms with E-state index in [9.17, 15) is 19.2 Å². The van der Waals surface area contributed by atoms with Gasteiger partial charge in [0.25, 0.3) is 5.91 Å². The van der Waals surface area contributed by atoms with Crippen molar-refractivity contribution in [2.75, 3.05) is 7.11 Å². The molecule has 164 valence electrons.